The summed E-state index contributed by atoms with van der Waals surface area (Å²) in [5, 5.41) is 18.5. The highest BCUT2D eigenvalue weighted by molar-refractivity contribution is 6.13. The molecule has 2 aliphatic heterocycles. The zero-order valence-electron chi connectivity index (χ0n) is 45.0. The Labute approximate surface area is 458 Å². The van der Waals surface area contributed by atoms with Crippen LogP contribution in [0.15, 0.2) is 83.6 Å². The first-order valence-electron chi connectivity index (χ1n) is 26.3. The highest BCUT2D eigenvalue weighted by atomic mass is 16.5. The van der Waals surface area contributed by atoms with E-state index in [0.29, 0.717) is 77.2 Å². The minimum atomic E-state index is -1.08. The first kappa shape index (κ1) is 60.9. The molecule has 24 heteroatoms. The van der Waals surface area contributed by atoms with Gasteiger partial charge < -0.3 is 58.3 Å². The number of aromatic nitrogens is 1. The van der Waals surface area contributed by atoms with Crippen LogP contribution in [0.2, 0.25) is 0 Å². The summed E-state index contributed by atoms with van der Waals surface area (Å²) in [6, 6.07) is 10.1. The van der Waals surface area contributed by atoms with Crippen molar-refractivity contribution in [2.24, 2.45) is 22.4 Å². The molecule has 11 amide bonds. The van der Waals surface area contributed by atoms with Gasteiger partial charge in [0.05, 0.1) is 17.6 Å². The first-order chi connectivity index (χ1) is 37.8. The summed E-state index contributed by atoms with van der Waals surface area (Å²) in [5.41, 5.74) is 15.2. The molecule has 5 rings (SSSR count). The molecule has 422 valence electrons. The van der Waals surface area contributed by atoms with E-state index in [1.165, 1.54) is 24.5 Å². The van der Waals surface area contributed by atoms with Crippen LogP contribution >= 0.6 is 0 Å². The van der Waals surface area contributed by atoms with Gasteiger partial charge in [-0.15, -0.1) is 0 Å². The van der Waals surface area contributed by atoms with Crippen LogP contribution in [0.1, 0.15) is 113 Å². The van der Waals surface area contributed by atoms with Crippen molar-refractivity contribution < 1.29 is 52.7 Å². The van der Waals surface area contributed by atoms with Crippen molar-refractivity contribution in [3.05, 3.63) is 101 Å². The van der Waals surface area contributed by atoms with Crippen molar-refractivity contribution in [3.8, 4) is 0 Å². The van der Waals surface area contributed by atoms with Crippen LogP contribution < -0.4 is 48.7 Å². The highest BCUT2D eigenvalue weighted by Crippen LogP contribution is 2.29. The van der Waals surface area contributed by atoms with Crippen LogP contribution in [0.5, 0.6) is 0 Å². The number of aliphatic imine (C=N–C) groups is 1. The highest BCUT2D eigenvalue weighted by Gasteiger charge is 2.29. The van der Waals surface area contributed by atoms with E-state index in [4.69, 9.17) is 16.2 Å². The van der Waals surface area contributed by atoms with E-state index in [9.17, 15) is 47.9 Å². The molecule has 79 heavy (non-hydrogen) atoms. The summed E-state index contributed by atoms with van der Waals surface area (Å²) < 4.78 is 5.27. The molecule has 1 aromatic heterocycles. The summed E-state index contributed by atoms with van der Waals surface area (Å²) in [6.07, 6.45) is 10.1. The minimum absolute atomic E-state index is 0.0248. The largest absolute Gasteiger partial charge is 0.445 e. The fraction of sp³-hybridized carbons (Fsp3) is 0.418. The van der Waals surface area contributed by atoms with Gasteiger partial charge in [0, 0.05) is 86.3 Å². The molecule has 2 atom stereocenters. The zero-order valence-corrected chi connectivity index (χ0v) is 45.0. The summed E-state index contributed by atoms with van der Waals surface area (Å²) in [5.74, 6) is -3.46. The number of pyridine rings is 1. The second-order valence-electron chi connectivity index (χ2n) is 19.2. The first-order valence-corrected chi connectivity index (χ1v) is 26.3. The Kier molecular flexibility index (Phi) is 23.7. The van der Waals surface area contributed by atoms with E-state index < -0.39 is 54.4 Å². The Balaban J connectivity index is 1.04. The van der Waals surface area contributed by atoms with Gasteiger partial charge in [0.15, 0.2) is 0 Å². The Morgan fingerprint density at radius 2 is 1.49 bits per heavy atom. The van der Waals surface area contributed by atoms with Crippen LogP contribution in [0, 0.1) is 5.92 Å². The number of unbranched alkanes of at least 4 members (excludes halogenated alkanes) is 2. The Morgan fingerprint density at radius 3 is 2.18 bits per heavy atom. The number of ether oxygens (including phenoxy) is 1. The summed E-state index contributed by atoms with van der Waals surface area (Å²) in [4.78, 5) is 138. The van der Waals surface area contributed by atoms with Crippen LogP contribution in [0.3, 0.4) is 0 Å². The summed E-state index contributed by atoms with van der Waals surface area (Å²) in [7, 11) is 0. The number of imide groups is 1. The van der Waals surface area contributed by atoms with Gasteiger partial charge in [-0.3, -0.25) is 48.2 Å². The number of alkyl carbamates (subject to hydrolysis) is 1. The Hall–Kier alpha value is -8.96. The molecule has 0 fully saturated rings. The van der Waals surface area contributed by atoms with Gasteiger partial charge in [0.1, 0.15) is 31.1 Å². The lowest BCUT2D eigenvalue weighted by atomic mass is 10.0. The molecule has 0 unspecified atom stereocenters. The molecule has 2 aromatic carbocycles. The lowest BCUT2D eigenvalue weighted by molar-refractivity contribution is -0.137. The number of urea groups is 1. The van der Waals surface area contributed by atoms with E-state index in [0.717, 1.165) is 17.7 Å². The smallest absolute Gasteiger partial charge is 0.407 e. The summed E-state index contributed by atoms with van der Waals surface area (Å²) in [6.45, 7) is 8.60. The van der Waals surface area contributed by atoms with Gasteiger partial charge in [-0.25, -0.2) is 14.6 Å². The molecular weight excluding hydrogens is 1020 g/mol. The molecule has 2 aliphatic rings. The van der Waals surface area contributed by atoms with Gasteiger partial charge in [0.25, 0.3) is 17.7 Å². The molecular formula is C55H71N13O11. The maximum absolute atomic E-state index is 13.6. The molecule has 0 bridgehead atoms. The molecule has 0 spiro atoms. The quantitative estimate of drug-likeness (QED) is 0.0353. The average Bonchev–Trinajstić information content (AvgIpc) is 3.66. The average molecular weight is 1090 g/mol. The number of rotatable bonds is 29. The molecule has 0 saturated heterocycles. The maximum atomic E-state index is 13.6. The topological polar surface area (TPSA) is 348 Å². The number of nitrogens with two attached hydrogens (primary N) is 2. The van der Waals surface area contributed by atoms with Crippen molar-refractivity contribution in [2.75, 3.05) is 43.4 Å². The van der Waals surface area contributed by atoms with Crippen molar-refractivity contribution in [1.82, 2.24) is 41.4 Å². The number of fused-ring (bicyclic) bond motifs is 1. The molecule has 0 saturated carbocycles. The van der Waals surface area contributed by atoms with Crippen molar-refractivity contribution in [2.45, 2.75) is 111 Å². The fourth-order valence-electron chi connectivity index (χ4n) is 8.32. The SMILES string of the molecule is CCCN(CCC)C(=O)C1=Cc2ccc(C(=O)Nc3cncc(CNC(=O)CNC(=O)OCc4ccc(NC(=O)[C@H](CCCNC(N)=O)NC(=O)[C@@H](NC(=O)CCCCCN5C(=O)C=CC5=O)C(C)C)cc4)c3)cc2N=C(N)C1. The van der Waals surface area contributed by atoms with Crippen LogP contribution in [-0.4, -0.2) is 125 Å². The fourth-order valence-corrected chi connectivity index (χ4v) is 8.32. The lowest BCUT2D eigenvalue weighted by Crippen LogP contribution is -2.54. The predicted octanol–water partition coefficient (Wildman–Crippen LogP) is 3.80. The third kappa shape index (κ3) is 19.8. The predicted molar refractivity (Wildman–Crippen MR) is 295 cm³/mol. The molecule has 11 N–H and O–H groups in total. The number of benzene rings is 2. The number of anilines is 2. The molecule has 0 aliphatic carbocycles. The van der Waals surface area contributed by atoms with Gasteiger partial charge in [-0.05, 0) is 92.0 Å². The lowest BCUT2D eigenvalue weighted by Gasteiger charge is -2.25. The number of hydrogen-bond donors (Lipinski definition) is 9. The van der Waals surface area contributed by atoms with Crippen LogP contribution in [0.4, 0.5) is 26.7 Å². The van der Waals surface area contributed by atoms with Crippen molar-refractivity contribution >= 4 is 88.4 Å². The summed E-state index contributed by atoms with van der Waals surface area (Å²) >= 11 is 0. The molecule has 0 radical (unpaired) electrons. The van der Waals surface area contributed by atoms with E-state index in [1.807, 2.05) is 18.7 Å². The number of amidine groups is 1. The van der Waals surface area contributed by atoms with E-state index in [2.05, 4.69) is 47.2 Å². The normalized spacial score (nSPS) is 13.4. The van der Waals surface area contributed by atoms with Crippen molar-refractivity contribution in [3.63, 3.8) is 0 Å². The van der Waals surface area contributed by atoms with Crippen molar-refractivity contribution in [1.29, 1.82) is 0 Å². The molecule has 3 heterocycles. The standard InChI is InChI=1S/C55H71N13O11/c1-5-22-67(23-6-2)53(76)39-26-37-15-16-38(27-43(37)64-44(56)28-39)50(73)63-41-25-36(29-58-31-41)30-60-46(70)32-61-55(78)79-33-35-13-17-40(18-14-35)62-51(74)42(11-10-21-59-54(57)77)65-52(75)49(34(3)4)66-45(69)12-8-7-9-24-68-47(71)19-20-48(68)72/h13-20,25-27,29,31,34,42,49H,5-12,21-24,28,30,32-33H2,1-4H3,(H2,56,64)(H,60,70)(H,61,78)(H,62,74)(H,63,73)(H,65,75)(H,66,69)(H3,57,59,77)/t42-,49-/m0/s1. The van der Waals surface area contributed by atoms with E-state index in [1.54, 1.807) is 68.5 Å². The number of carbonyl (C=O) groups excluding carboxylic acids is 10. The number of carbonyl (C=O) groups is 10. The van der Waals surface area contributed by atoms with Gasteiger partial charge in [-0.2, -0.15) is 0 Å². The number of nitrogens with one attached hydrogen (secondary N) is 7. The minimum Gasteiger partial charge on any atom is -0.445 e. The molecule has 24 nitrogen and oxygen atoms in total. The zero-order chi connectivity index (χ0) is 57.4. The maximum Gasteiger partial charge on any atom is 0.407 e. The second kappa shape index (κ2) is 30.7. The third-order valence-corrected chi connectivity index (χ3v) is 12.4. The monoisotopic (exact) mass is 1090 g/mol. The number of nitrogens with zero attached hydrogens (tertiary/aromatic N) is 4. The van der Waals surface area contributed by atoms with Gasteiger partial charge in [0.2, 0.25) is 29.5 Å². The van der Waals surface area contributed by atoms with Gasteiger partial charge >= 0.3 is 12.1 Å². The van der Waals surface area contributed by atoms with Gasteiger partial charge in [-0.1, -0.05) is 52.3 Å². The van der Waals surface area contributed by atoms with Crippen LogP contribution in [-0.2, 0) is 51.5 Å². The number of primary amides is 1. The molecule has 3 aromatic rings. The number of hydrogen-bond acceptors (Lipinski definition) is 14. The van der Waals surface area contributed by atoms with E-state index in [-0.39, 0.29) is 87.3 Å². The second-order valence-corrected chi connectivity index (χ2v) is 19.2. The third-order valence-electron chi connectivity index (χ3n) is 12.4. The Morgan fingerprint density at radius 1 is 0.772 bits per heavy atom. The van der Waals surface area contributed by atoms with Crippen LogP contribution in [0.25, 0.3) is 6.08 Å². The Bertz CT molecular complexity index is 2790. The number of amides is 11. The van der Waals surface area contributed by atoms with E-state index >= 15 is 0 Å².